The van der Waals surface area contributed by atoms with E-state index in [0.29, 0.717) is 21.2 Å². The standard InChI is InChI=1S/C19H14N2O2S/c1-23-16-8-10-17(11-9-16)24(22)19-18(3-2-12-21-19)15-6-4-14(13-20)5-7-15/h2-12H,1H3. The quantitative estimate of drug-likeness (QED) is 0.728. The number of benzene rings is 2. The van der Waals surface area contributed by atoms with Crippen LogP contribution in [0.2, 0.25) is 0 Å². The molecular formula is C19H14N2O2S. The van der Waals surface area contributed by atoms with E-state index < -0.39 is 10.8 Å². The number of aromatic nitrogens is 1. The second-order valence-electron chi connectivity index (χ2n) is 4.99. The van der Waals surface area contributed by atoms with Gasteiger partial charge in [0.15, 0.2) is 0 Å². The zero-order valence-electron chi connectivity index (χ0n) is 13.0. The Labute approximate surface area is 142 Å². The zero-order valence-corrected chi connectivity index (χ0v) is 13.8. The minimum Gasteiger partial charge on any atom is -0.497 e. The van der Waals surface area contributed by atoms with Gasteiger partial charge in [0.1, 0.15) is 21.6 Å². The molecule has 0 aliphatic heterocycles. The molecule has 0 saturated carbocycles. The molecule has 4 nitrogen and oxygen atoms in total. The van der Waals surface area contributed by atoms with Crippen LogP contribution in [0.25, 0.3) is 11.1 Å². The third kappa shape index (κ3) is 3.19. The van der Waals surface area contributed by atoms with E-state index in [4.69, 9.17) is 10.00 Å². The van der Waals surface area contributed by atoms with Gasteiger partial charge in [0, 0.05) is 16.7 Å². The van der Waals surface area contributed by atoms with Crippen molar-refractivity contribution in [3.8, 4) is 22.9 Å². The molecule has 1 unspecified atom stereocenters. The van der Waals surface area contributed by atoms with Crippen LogP contribution in [0, 0.1) is 11.3 Å². The molecule has 1 aromatic heterocycles. The Kier molecular flexibility index (Phi) is 4.69. The summed E-state index contributed by atoms with van der Waals surface area (Å²) in [5.41, 5.74) is 2.25. The number of nitrogens with zero attached hydrogens (tertiary/aromatic N) is 2. The van der Waals surface area contributed by atoms with E-state index in [2.05, 4.69) is 11.1 Å². The van der Waals surface area contributed by atoms with Gasteiger partial charge in [-0.25, -0.2) is 9.19 Å². The van der Waals surface area contributed by atoms with Crippen LogP contribution in [0.4, 0.5) is 0 Å². The Morgan fingerprint density at radius 3 is 2.38 bits per heavy atom. The van der Waals surface area contributed by atoms with Gasteiger partial charge in [0.05, 0.1) is 18.7 Å². The molecule has 2 aromatic carbocycles. The fraction of sp³-hybridized carbons (Fsp3) is 0.0526. The lowest BCUT2D eigenvalue weighted by Crippen LogP contribution is -1.99. The molecule has 0 amide bonds. The maximum atomic E-state index is 12.9. The molecule has 3 rings (SSSR count). The van der Waals surface area contributed by atoms with Crippen molar-refractivity contribution in [2.75, 3.05) is 7.11 Å². The van der Waals surface area contributed by atoms with Gasteiger partial charge in [0.25, 0.3) is 0 Å². The molecule has 0 radical (unpaired) electrons. The molecule has 0 fully saturated rings. The summed E-state index contributed by atoms with van der Waals surface area (Å²) in [5.74, 6) is 0.712. The van der Waals surface area contributed by atoms with Gasteiger partial charge >= 0.3 is 0 Å². The summed E-state index contributed by atoms with van der Waals surface area (Å²) < 4.78 is 18.0. The van der Waals surface area contributed by atoms with Gasteiger partial charge in [-0.15, -0.1) is 0 Å². The largest absolute Gasteiger partial charge is 0.497 e. The summed E-state index contributed by atoms with van der Waals surface area (Å²) in [7, 11) is 0.183. The number of rotatable bonds is 4. The fourth-order valence-electron chi connectivity index (χ4n) is 2.29. The Morgan fingerprint density at radius 1 is 1.04 bits per heavy atom. The van der Waals surface area contributed by atoms with Crippen LogP contribution in [0.1, 0.15) is 5.56 Å². The van der Waals surface area contributed by atoms with Crippen LogP contribution >= 0.6 is 0 Å². The van der Waals surface area contributed by atoms with Crippen LogP contribution in [-0.2, 0) is 10.8 Å². The third-order valence-electron chi connectivity index (χ3n) is 3.55. The Bertz CT molecular complexity index is 913. The highest BCUT2D eigenvalue weighted by Crippen LogP contribution is 2.28. The first kappa shape index (κ1) is 15.9. The van der Waals surface area contributed by atoms with Crippen LogP contribution in [-0.4, -0.2) is 16.3 Å². The van der Waals surface area contributed by atoms with Crippen LogP contribution in [0.5, 0.6) is 5.75 Å². The monoisotopic (exact) mass is 334 g/mol. The van der Waals surface area contributed by atoms with E-state index in [-0.39, 0.29) is 0 Å². The minimum atomic E-state index is -1.41. The minimum absolute atomic E-state index is 0.493. The van der Waals surface area contributed by atoms with Gasteiger partial charge in [-0.3, -0.25) is 0 Å². The highest BCUT2D eigenvalue weighted by Gasteiger charge is 2.15. The average molecular weight is 334 g/mol. The number of methoxy groups -OCH3 is 1. The van der Waals surface area contributed by atoms with Crippen molar-refractivity contribution in [2.45, 2.75) is 9.92 Å². The zero-order chi connectivity index (χ0) is 16.9. The van der Waals surface area contributed by atoms with Crippen molar-refractivity contribution < 1.29 is 8.95 Å². The summed E-state index contributed by atoms with van der Waals surface area (Å²) in [6, 6.07) is 20.0. The average Bonchev–Trinajstić information content (AvgIpc) is 2.67. The second-order valence-corrected chi connectivity index (χ2v) is 6.39. The number of nitriles is 1. The Morgan fingerprint density at radius 2 is 1.75 bits per heavy atom. The van der Waals surface area contributed by atoms with Crippen molar-refractivity contribution in [2.24, 2.45) is 0 Å². The lowest BCUT2D eigenvalue weighted by atomic mass is 10.1. The molecule has 0 bridgehead atoms. The topological polar surface area (TPSA) is 63.0 Å². The summed E-state index contributed by atoms with van der Waals surface area (Å²) in [6.07, 6.45) is 1.63. The van der Waals surface area contributed by atoms with E-state index in [1.54, 1.807) is 49.7 Å². The molecule has 3 aromatic rings. The second kappa shape index (κ2) is 7.07. The van der Waals surface area contributed by atoms with Crippen LogP contribution in [0.3, 0.4) is 0 Å². The van der Waals surface area contributed by atoms with Gasteiger partial charge in [0.2, 0.25) is 0 Å². The van der Waals surface area contributed by atoms with E-state index in [9.17, 15) is 4.21 Å². The number of hydrogen-bond acceptors (Lipinski definition) is 4. The SMILES string of the molecule is COc1ccc(S(=O)c2ncccc2-c2ccc(C#N)cc2)cc1. The highest BCUT2D eigenvalue weighted by atomic mass is 32.2. The summed E-state index contributed by atoms with van der Waals surface area (Å²) in [4.78, 5) is 4.98. The summed E-state index contributed by atoms with van der Waals surface area (Å²) in [5, 5.41) is 9.41. The van der Waals surface area contributed by atoms with Gasteiger partial charge in [-0.05, 0) is 48.0 Å². The molecule has 0 spiro atoms. The Balaban J connectivity index is 2.01. The first-order valence-corrected chi connectivity index (χ1v) is 8.39. The molecule has 1 heterocycles. The van der Waals surface area contributed by atoms with E-state index in [0.717, 1.165) is 11.1 Å². The maximum Gasteiger partial charge on any atom is 0.139 e. The van der Waals surface area contributed by atoms with E-state index >= 15 is 0 Å². The van der Waals surface area contributed by atoms with Crippen LogP contribution in [0.15, 0.2) is 76.8 Å². The summed E-state index contributed by atoms with van der Waals surface area (Å²) in [6.45, 7) is 0. The van der Waals surface area contributed by atoms with Crippen molar-refractivity contribution >= 4 is 10.8 Å². The van der Waals surface area contributed by atoms with E-state index in [1.165, 1.54) is 0 Å². The molecular weight excluding hydrogens is 320 g/mol. The molecule has 0 saturated heterocycles. The van der Waals surface area contributed by atoms with Gasteiger partial charge in [-0.2, -0.15) is 5.26 Å². The van der Waals surface area contributed by atoms with Crippen LogP contribution < -0.4 is 4.74 Å². The smallest absolute Gasteiger partial charge is 0.139 e. The van der Waals surface area contributed by atoms with Crippen molar-refractivity contribution in [1.82, 2.24) is 4.98 Å². The number of pyridine rings is 1. The van der Waals surface area contributed by atoms with Gasteiger partial charge < -0.3 is 4.74 Å². The highest BCUT2D eigenvalue weighted by molar-refractivity contribution is 7.85. The van der Waals surface area contributed by atoms with E-state index in [1.807, 2.05) is 24.3 Å². The number of ether oxygens (including phenoxy) is 1. The molecule has 24 heavy (non-hydrogen) atoms. The van der Waals surface area contributed by atoms with Gasteiger partial charge in [-0.1, -0.05) is 18.2 Å². The molecule has 0 N–H and O–H groups in total. The first-order chi connectivity index (χ1) is 11.7. The predicted molar refractivity (Wildman–Crippen MR) is 92.1 cm³/mol. The lowest BCUT2D eigenvalue weighted by Gasteiger charge is -2.09. The maximum absolute atomic E-state index is 12.9. The summed E-state index contributed by atoms with van der Waals surface area (Å²) >= 11 is 0. The first-order valence-electron chi connectivity index (χ1n) is 7.24. The molecule has 5 heteroatoms. The van der Waals surface area contributed by atoms with Crippen molar-refractivity contribution in [3.05, 3.63) is 72.4 Å². The van der Waals surface area contributed by atoms with Crippen molar-refractivity contribution in [3.63, 3.8) is 0 Å². The fourth-order valence-corrected chi connectivity index (χ4v) is 3.44. The number of hydrogen-bond donors (Lipinski definition) is 0. The molecule has 118 valence electrons. The third-order valence-corrected chi connectivity index (χ3v) is 4.92. The lowest BCUT2D eigenvalue weighted by molar-refractivity contribution is 0.414. The molecule has 1 atom stereocenters. The predicted octanol–water partition coefficient (Wildman–Crippen LogP) is 3.80. The molecule has 0 aliphatic carbocycles. The normalized spacial score (nSPS) is 11.5. The van der Waals surface area contributed by atoms with Crippen molar-refractivity contribution in [1.29, 1.82) is 5.26 Å². The Hall–Kier alpha value is -2.97. The molecule has 0 aliphatic rings.